The largest absolute Gasteiger partial charge is 0.463 e. The van der Waals surface area contributed by atoms with Crippen LogP contribution in [0.25, 0.3) is 22.5 Å². The van der Waals surface area contributed by atoms with Gasteiger partial charge in [0.1, 0.15) is 0 Å². The average Bonchev–Trinajstić information content (AvgIpc) is 3.88. The van der Waals surface area contributed by atoms with Gasteiger partial charge < -0.3 is 9.75 Å². The van der Waals surface area contributed by atoms with E-state index in [1.54, 1.807) is 4.80 Å². The maximum absolute atomic E-state index is 13.5. The van der Waals surface area contributed by atoms with Gasteiger partial charge >= 0.3 is 5.97 Å². The zero-order chi connectivity index (χ0) is 39.0. The first kappa shape index (κ1) is 37.3. The van der Waals surface area contributed by atoms with Gasteiger partial charge in [0.15, 0.2) is 5.54 Å². The van der Waals surface area contributed by atoms with E-state index in [2.05, 4.69) is 139 Å². The lowest BCUT2D eigenvalue weighted by Gasteiger charge is -2.34. The molecule has 0 aliphatic carbocycles. The minimum absolute atomic E-state index is 0.176. The lowest BCUT2D eigenvalue weighted by atomic mass is 9.77. The van der Waals surface area contributed by atoms with Crippen molar-refractivity contribution in [1.82, 2.24) is 30.6 Å². The number of nitrogens with one attached hydrogen (secondary N) is 1. The van der Waals surface area contributed by atoms with Crippen molar-refractivity contribution in [2.24, 2.45) is 0 Å². The van der Waals surface area contributed by atoms with E-state index in [0.29, 0.717) is 30.8 Å². The first-order chi connectivity index (χ1) is 28.1. The molecule has 8 nitrogen and oxygen atoms in total. The molecule has 0 amide bonds. The highest BCUT2D eigenvalue weighted by Gasteiger charge is 2.41. The number of benzene rings is 6. The normalized spacial score (nSPS) is 14.2. The van der Waals surface area contributed by atoms with E-state index in [4.69, 9.17) is 20.1 Å². The van der Waals surface area contributed by atoms with Crippen LogP contribution in [-0.2, 0) is 27.9 Å². The van der Waals surface area contributed by atoms with E-state index in [1.807, 2.05) is 55.5 Å². The molecular weight excluding hydrogens is 705 g/mol. The van der Waals surface area contributed by atoms with Gasteiger partial charge in [0.05, 0.1) is 18.2 Å². The molecule has 7 aromatic rings. The summed E-state index contributed by atoms with van der Waals surface area (Å²) in [6, 6.07) is 58.0. The maximum Gasteiger partial charge on any atom is 0.337 e. The lowest BCUT2D eigenvalue weighted by Crippen LogP contribution is -2.40. The van der Waals surface area contributed by atoms with Crippen LogP contribution in [0.2, 0.25) is 0 Å². The number of hydrogen-bond acceptors (Lipinski definition) is 7. The second-order valence-electron chi connectivity index (χ2n) is 14.2. The summed E-state index contributed by atoms with van der Waals surface area (Å²) in [6.07, 6.45) is 2.21. The molecular formula is C49H46N6O2. The van der Waals surface area contributed by atoms with Crippen molar-refractivity contribution < 1.29 is 9.53 Å². The highest BCUT2D eigenvalue weighted by Crippen LogP contribution is 2.40. The molecule has 8 heteroatoms. The number of tetrazole rings is 1. The van der Waals surface area contributed by atoms with E-state index in [-0.39, 0.29) is 12.0 Å². The minimum Gasteiger partial charge on any atom is -0.463 e. The molecule has 8 rings (SSSR count). The van der Waals surface area contributed by atoms with Gasteiger partial charge in [0, 0.05) is 24.2 Å². The third kappa shape index (κ3) is 7.52. The topological polar surface area (TPSA) is 85.2 Å². The SMILES string of the molecule is CCCN1NC(Cc2ccccc2)C(C(=O)OCC)=C1Cc1ccc(-c2ccccc2-c2nnn(C(c3ccccc3)(c3ccccc3)c3ccccc3)n2)cc1. The molecule has 1 N–H and O–H groups in total. The summed E-state index contributed by atoms with van der Waals surface area (Å²) in [7, 11) is 0. The second kappa shape index (κ2) is 17.0. The molecule has 1 aliphatic heterocycles. The molecule has 0 saturated heterocycles. The quantitative estimate of drug-likeness (QED) is 0.0878. The third-order valence-corrected chi connectivity index (χ3v) is 10.6. The van der Waals surface area contributed by atoms with Crippen LogP contribution in [0.3, 0.4) is 0 Å². The van der Waals surface area contributed by atoms with E-state index < -0.39 is 5.54 Å². The molecule has 6 aromatic carbocycles. The van der Waals surface area contributed by atoms with Crippen LogP contribution in [0.5, 0.6) is 0 Å². The molecule has 1 aromatic heterocycles. The number of allylic oxidation sites excluding steroid dienone is 1. The molecule has 2 heterocycles. The van der Waals surface area contributed by atoms with Crippen molar-refractivity contribution in [3.63, 3.8) is 0 Å². The summed E-state index contributed by atoms with van der Waals surface area (Å²) in [5, 5.41) is 16.9. The van der Waals surface area contributed by atoms with Crippen molar-refractivity contribution >= 4 is 5.97 Å². The molecule has 0 bridgehead atoms. The number of nitrogens with zero attached hydrogens (tertiary/aromatic N) is 5. The fourth-order valence-corrected chi connectivity index (χ4v) is 8.03. The van der Waals surface area contributed by atoms with E-state index in [1.165, 1.54) is 0 Å². The maximum atomic E-state index is 13.5. The van der Waals surface area contributed by atoms with Crippen LogP contribution in [0.15, 0.2) is 181 Å². The van der Waals surface area contributed by atoms with Gasteiger partial charge in [0.2, 0.25) is 5.82 Å². The molecule has 1 aliphatic rings. The minimum atomic E-state index is -0.871. The van der Waals surface area contributed by atoms with Crippen LogP contribution >= 0.6 is 0 Å². The molecule has 57 heavy (non-hydrogen) atoms. The van der Waals surface area contributed by atoms with E-state index in [9.17, 15) is 4.79 Å². The fraction of sp³-hybridized carbons (Fsp3) is 0.184. The predicted octanol–water partition coefficient (Wildman–Crippen LogP) is 9.05. The monoisotopic (exact) mass is 750 g/mol. The van der Waals surface area contributed by atoms with Crippen molar-refractivity contribution in [3.05, 3.63) is 209 Å². The standard InChI is InChI=1S/C49H46N6O2/c1-3-33-54-45(46(48(56)57-4-2)44(51-54)34-36-19-9-5-10-20-36)35-37-29-31-38(32-30-37)42-27-17-18-28-43(42)47-50-53-55(52-47)49(39-21-11-6-12-22-39,40-23-13-7-14-24-40)41-25-15-8-16-26-41/h5-32,44,51H,3-4,33-35H2,1-2H3. The summed E-state index contributed by atoms with van der Waals surface area (Å²) < 4.78 is 5.64. The number of hydrazine groups is 1. The smallest absolute Gasteiger partial charge is 0.337 e. The number of carbonyl (C=O) groups is 1. The van der Waals surface area contributed by atoms with Gasteiger partial charge in [-0.2, -0.15) is 0 Å². The Hall–Kier alpha value is -6.64. The summed E-state index contributed by atoms with van der Waals surface area (Å²) in [5.74, 6) is 0.268. The number of ether oxygens (including phenoxy) is 1. The van der Waals surface area contributed by atoms with Crippen molar-refractivity contribution in [1.29, 1.82) is 0 Å². The number of hydrogen-bond donors (Lipinski definition) is 1. The van der Waals surface area contributed by atoms with Crippen LogP contribution in [0, 0.1) is 0 Å². The van der Waals surface area contributed by atoms with Gasteiger partial charge in [-0.3, -0.25) is 0 Å². The lowest BCUT2D eigenvalue weighted by molar-refractivity contribution is -0.138. The van der Waals surface area contributed by atoms with E-state index >= 15 is 0 Å². The third-order valence-electron chi connectivity index (χ3n) is 10.6. The molecule has 0 radical (unpaired) electrons. The summed E-state index contributed by atoms with van der Waals surface area (Å²) in [6.45, 7) is 5.11. The molecule has 0 spiro atoms. The number of esters is 1. The van der Waals surface area contributed by atoms with Gasteiger partial charge in [-0.15, -0.1) is 15.0 Å². The summed E-state index contributed by atoms with van der Waals surface area (Å²) in [5.41, 5.74) is 12.7. The van der Waals surface area contributed by atoms with Crippen LogP contribution in [-0.4, -0.2) is 50.4 Å². The number of aromatic nitrogens is 4. The first-order valence-electron chi connectivity index (χ1n) is 19.7. The Morgan fingerprint density at radius 2 is 1.21 bits per heavy atom. The molecule has 1 unspecified atom stereocenters. The Bertz CT molecular complexity index is 2330. The van der Waals surface area contributed by atoms with E-state index in [0.717, 1.165) is 63.2 Å². The fourth-order valence-electron chi connectivity index (χ4n) is 8.03. The van der Waals surface area contributed by atoms with Crippen LogP contribution in [0.4, 0.5) is 0 Å². The summed E-state index contributed by atoms with van der Waals surface area (Å²) >= 11 is 0. The Balaban J connectivity index is 1.15. The van der Waals surface area contributed by atoms with Crippen LogP contribution < -0.4 is 5.43 Å². The van der Waals surface area contributed by atoms with Gasteiger partial charge in [-0.1, -0.05) is 177 Å². The Kier molecular flexibility index (Phi) is 11.1. The van der Waals surface area contributed by atoms with Gasteiger partial charge in [-0.05, 0) is 63.9 Å². The number of rotatable bonds is 14. The van der Waals surface area contributed by atoms with Crippen molar-refractivity contribution in [2.45, 2.75) is 44.7 Å². The Morgan fingerprint density at radius 3 is 1.77 bits per heavy atom. The Labute approximate surface area is 334 Å². The molecule has 284 valence electrons. The zero-order valence-electron chi connectivity index (χ0n) is 32.3. The molecule has 0 fully saturated rings. The van der Waals surface area contributed by atoms with Crippen LogP contribution in [0.1, 0.15) is 48.1 Å². The predicted molar refractivity (Wildman–Crippen MR) is 225 cm³/mol. The Morgan fingerprint density at radius 1 is 0.667 bits per heavy atom. The van der Waals surface area contributed by atoms with Gasteiger partial charge in [-0.25, -0.2) is 10.2 Å². The molecule has 1 atom stereocenters. The molecule has 0 saturated carbocycles. The second-order valence-corrected chi connectivity index (χ2v) is 14.2. The van der Waals surface area contributed by atoms with Crippen molar-refractivity contribution in [2.75, 3.05) is 13.2 Å². The first-order valence-corrected chi connectivity index (χ1v) is 19.7. The highest BCUT2D eigenvalue weighted by molar-refractivity contribution is 5.91. The number of carbonyl (C=O) groups excluding carboxylic acids is 1. The van der Waals surface area contributed by atoms with Crippen molar-refractivity contribution in [3.8, 4) is 22.5 Å². The summed E-state index contributed by atoms with van der Waals surface area (Å²) in [4.78, 5) is 15.3. The van der Waals surface area contributed by atoms with Gasteiger partial charge in [0.25, 0.3) is 0 Å². The zero-order valence-corrected chi connectivity index (χ0v) is 32.3. The average molecular weight is 751 g/mol. The highest BCUT2D eigenvalue weighted by atomic mass is 16.5.